The molecule has 1 saturated heterocycles. The van der Waals surface area contributed by atoms with E-state index in [1.165, 1.54) is 97.5 Å². The number of amides is 11. The minimum absolute atomic E-state index is 0.0611. The third-order valence-electron chi connectivity index (χ3n) is 19.1. The Hall–Kier alpha value is -5.91. The molecule has 0 aromatic heterocycles. The van der Waals surface area contributed by atoms with Gasteiger partial charge in [-0.25, -0.2) is 0 Å². The molecule has 0 bridgehead atoms. The average Bonchev–Trinajstić information content (AvgIpc) is 0.792. The van der Waals surface area contributed by atoms with Gasteiger partial charge in [-0.2, -0.15) is 0 Å². The van der Waals surface area contributed by atoms with Crippen molar-refractivity contribution < 1.29 is 57.2 Å². The lowest BCUT2D eigenvalue weighted by Gasteiger charge is -2.46. The van der Waals surface area contributed by atoms with Gasteiger partial charge in [0.1, 0.15) is 66.5 Å². The molecule has 1 aliphatic heterocycles. The topological polar surface area (TPSA) is 268 Å². The highest BCUT2D eigenvalue weighted by Gasteiger charge is 2.50. The molecular formula is C71H131N11O12Si. The smallest absolute Gasteiger partial charge is 0.246 e. The van der Waals surface area contributed by atoms with Crippen molar-refractivity contribution >= 4 is 73.3 Å². The van der Waals surface area contributed by atoms with Crippen molar-refractivity contribution in [2.45, 2.75) is 287 Å². The molecule has 11 amide bonds. The molecule has 0 aromatic rings. The number of hydrogen-bond acceptors (Lipinski definition) is 12. The molecule has 1 fully saturated rings. The van der Waals surface area contributed by atoms with Gasteiger partial charge in [0.05, 0.1) is 6.10 Å². The third-order valence-corrected chi connectivity index (χ3v) is 23.6. The molecule has 23 nitrogen and oxygen atoms in total. The Labute approximate surface area is 574 Å². The van der Waals surface area contributed by atoms with Crippen molar-refractivity contribution in [2.75, 3.05) is 49.3 Å². The molecule has 0 radical (unpaired) electrons. The van der Waals surface area contributed by atoms with E-state index in [1.807, 2.05) is 88.3 Å². The largest absolute Gasteiger partial charge is 0.411 e. The van der Waals surface area contributed by atoms with E-state index in [-0.39, 0.29) is 67.2 Å². The second kappa shape index (κ2) is 38.3. The fourth-order valence-corrected chi connectivity index (χ4v) is 13.5. The molecule has 95 heavy (non-hydrogen) atoms. The number of carbonyl (C=O) groups is 11. The molecule has 0 unspecified atom stereocenters. The predicted octanol–water partition coefficient (Wildman–Crippen LogP) is 7.47. The molecule has 4 N–H and O–H groups in total. The Morgan fingerprint density at radius 1 is 0.453 bits per heavy atom. The number of hydrogen-bond donors (Lipinski definition) is 4. The van der Waals surface area contributed by atoms with Gasteiger partial charge in [-0.05, 0) is 125 Å². The van der Waals surface area contributed by atoms with Crippen LogP contribution in [0.25, 0.3) is 0 Å². The van der Waals surface area contributed by atoms with Crippen LogP contribution in [0.2, 0.25) is 18.1 Å². The van der Waals surface area contributed by atoms with Crippen LogP contribution in [0.15, 0.2) is 12.2 Å². The fraction of sp³-hybridized carbons (Fsp3) is 0.817. The van der Waals surface area contributed by atoms with Crippen LogP contribution in [0, 0.1) is 41.4 Å². The van der Waals surface area contributed by atoms with E-state index in [9.17, 15) is 24.0 Å². The summed E-state index contributed by atoms with van der Waals surface area (Å²) < 4.78 is 7.31. The van der Waals surface area contributed by atoms with Gasteiger partial charge >= 0.3 is 0 Å². The quantitative estimate of drug-likeness (QED) is 0.0725. The van der Waals surface area contributed by atoms with E-state index in [0.717, 1.165) is 0 Å². The molecule has 0 aromatic carbocycles. The van der Waals surface area contributed by atoms with Crippen LogP contribution in [-0.2, 0) is 57.2 Å². The second-order valence-electron chi connectivity index (χ2n) is 30.9. The summed E-state index contributed by atoms with van der Waals surface area (Å²) in [7, 11) is 7.60. The van der Waals surface area contributed by atoms with Crippen molar-refractivity contribution in [3.63, 3.8) is 0 Å². The summed E-state index contributed by atoms with van der Waals surface area (Å²) in [6.07, 6.45) is 4.67. The van der Waals surface area contributed by atoms with Crippen LogP contribution in [0.3, 0.4) is 0 Å². The molecule has 24 heteroatoms. The van der Waals surface area contributed by atoms with Crippen LogP contribution in [0.1, 0.15) is 197 Å². The van der Waals surface area contributed by atoms with E-state index < -0.39 is 164 Å². The Morgan fingerprint density at radius 3 is 1.26 bits per heavy atom. The molecular weight excluding hydrogens is 1230 g/mol. The number of rotatable bonds is 19. The summed E-state index contributed by atoms with van der Waals surface area (Å²) in [5, 5.41) is 11.0. The zero-order valence-electron chi connectivity index (χ0n) is 64.3. The van der Waals surface area contributed by atoms with Crippen molar-refractivity contribution in [1.29, 1.82) is 0 Å². The zero-order valence-corrected chi connectivity index (χ0v) is 65.3. The molecule has 0 aliphatic carbocycles. The van der Waals surface area contributed by atoms with E-state index in [1.54, 1.807) is 34.6 Å². The Balaban J connectivity index is 4.69. The maximum atomic E-state index is 15.9. The van der Waals surface area contributed by atoms with Crippen LogP contribution < -0.4 is 21.3 Å². The summed E-state index contributed by atoms with van der Waals surface area (Å²) in [6, 6.07) is -13.2. The molecule has 13 atom stereocenters. The minimum Gasteiger partial charge on any atom is -0.411 e. The van der Waals surface area contributed by atoms with Gasteiger partial charge in [0.25, 0.3) is 0 Å². The average molecular weight is 1360 g/mol. The van der Waals surface area contributed by atoms with Gasteiger partial charge in [-0.3, -0.25) is 52.7 Å². The second-order valence-corrected chi connectivity index (χ2v) is 35.7. The van der Waals surface area contributed by atoms with Crippen molar-refractivity contribution in [2.24, 2.45) is 41.4 Å². The summed E-state index contributed by atoms with van der Waals surface area (Å²) >= 11 is 0. The van der Waals surface area contributed by atoms with Crippen LogP contribution in [0.4, 0.5) is 0 Å². The highest BCUT2D eigenvalue weighted by atomic mass is 28.4. The molecule has 1 heterocycles. The number of nitrogens with zero attached hydrogens (tertiary/aromatic N) is 7. The lowest BCUT2D eigenvalue weighted by atomic mass is 9.91. The Bertz CT molecular complexity index is 2620. The van der Waals surface area contributed by atoms with Gasteiger partial charge in [-0.15, -0.1) is 0 Å². The summed E-state index contributed by atoms with van der Waals surface area (Å²) in [5.74, 6) is -8.91. The first kappa shape index (κ1) is 87.1. The van der Waals surface area contributed by atoms with Gasteiger partial charge in [-0.1, -0.05) is 143 Å². The van der Waals surface area contributed by atoms with Crippen molar-refractivity contribution in [3.8, 4) is 0 Å². The van der Waals surface area contributed by atoms with Crippen LogP contribution in [-0.4, -0.2) is 229 Å². The Morgan fingerprint density at radius 2 is 0.842 bits per heavy atom. The molecule has 1 rings (SSSR count). The zero-order chi connectivity index (χ0) is 74.0. The number of likely N-dealkylation sites (N-methyl/N-ethyl adjacent to an activating group) is 7. The number of nitrogens with one attached hydrogen (secondary N) is 4. The lowest BCUT2D eigenvalue weighted by molar-refractivity contribution is -0.157. The first-order chi connectivity index (χ1) is 43.6. The summed E-state index contributed by atoms with van der Waals surface area (Å²) in [5.41, 5.74) is 0. The fourth-order valence-electron chi connectivity index (χ4n) is 12.1. The molecule has 0 spiro atoms. The molecule has 1 aliphatic rings. The summed E-state index contributed by atoms with van der Waals surface area (Å²) in [4.78, 5) is 175. The lowest BCUT2D eigenvalue weighted by Crippen LogP contribution is -2.65. The normalized spacial score (nSPS) is 26.5. The van der Waals surface area contributed by atoms with Gasteiger partial charge in [0.15, 0.2) is 8.32 Å². The monoisotopic (exact) mass is 1360 g/mol. The highest BCUT2D eigenvalue weighted by Crippen LogP contribution is 2.40. The Kier molecular flexibility index (Phi) is 35.1. The first-order valence-corrected chi connectivity index (χ1v) is 37.9. The van der Waals surface area contributed by atoms with Crippen molar-refractivity contribution in [3.05, 3.63) is 12.2 Å². The van der Waals surface area contributed by atoms with Gasteiger partial charge in [0.2, 0.25) is 65.0 Å². The maximum Gasteiger partial charge on any atom is 0.246 e. The van der Waals surface area contributed by atoms with E-state index >= 15 is 28.8 Å². The van der Waals surface area contributed by atoms with E-state index in [0.29, 0.717) is 12.8 Å². The minimum atomic E-state index is -2.82. The van der Waals surface area contributed by atoms with Crippen molar-refractivity contribution in [1.82, 2.24) is 55.6 Å². The maximum absolute atomic E-state index is 15.9. The highest BCUT2D eigenvalue weighted by molar-refractivity contribution is 6.74. The number of allylic oxidation sites excluding steroid dienone is 2. The first-order valence-electron chi connectivity index (χ1n) is 35.0. The van der Waals surface area contributed by atoms with Crippen LogP contribution >= 0.6 is 0 Å². The predicted molar refractivity (Wildman–Crippen MR) is 378 cm³/mol. The standard InChI is InChI=1S/C71H131N11O12Si/c1-31-34-36-47(16)59(94-95(29,30)71(19,20)21)58-63(86)74-50(33-3)65(88)76(22)51(35-32-2)66(89)77(23)53(38-42(6)7)62(85)75-56(45(12)13)69(92)78(24)52(37-41(4)5)61(84)72-48(17)60(83)73-49(18)64(87)79(25)54(39-43(8)9)67(90)80(26)55(40-44(10)11)68(91)81(27)57(46(14)15)70(93)82(58)28/h31,34,41-59H,32-33,35-40H2,1-30H3,(H,72,84)(H,73,83)(H,74,86)(H,75,85)/b34-31+/t47-,48+,49-,50+,51-,52+,53+,54+,55+,56+,57+,58+,59-/m1/s1. The molecule has 546 valence electrons. The van der Waals surface area contributed by atoms with E-state index in [2.05, 4.69) is 55.1 Å². The van der Waals surface area contributed by atoms with Gasteiger partial charge in [0, 0.05) is 49.3 Å². The van der Waals surface area contributed by atoms with E-state index in [4.69, 9.17) is 4.43 Å². The number of carbonyl (C=O) groups excluding carboxylic acids is 11. The molecule has 0 saturated carbocycles. The SMILES string of the molecule is C/C=C/C[C@@H](C)[C@@H](O[Si](C)(C)C(C)(C)C)[C@H]1C(=O)N[C@@H](CC)C(=O)N(C)[C@H](CCC)C(=O)N(C)[C@@H](CC(C)C)C(=O)N[C@@H](C(C)C)C(=O)N(C)[C@@H](CC(C)C)C(=O)N[C@@H](C)C(=O)N[C@H](C)C(=O)N(C)[C@@H](CC(C)C)C(=O)N(C)[C@@H](CC(C)C)C(=O)N(C)[C@@H](C(C)C)C(=O)N1C. The van der Waals surface area contributed by atoms with Gasteiger partial charge < -0.3 is 60.0 Å². The third kappa shape index (κ3) is 24.0. The van der Waals surface area contributed by atoms with Crippen LogP contribution in [0.5, 0.6) is 0 Å². The summed E-state index contributed by atoms with van der Waals surface area (Å²) in [6.45, 7) is 42.9.